The summed E-state index contributed by atoms with van der Waals surface area (Å²) in [4.78, 5) is 25.1. The van der Waals surface area contributed by atoms with Gasteiger partial charge in [0.1, 0.15) is 0 Å². The van der Waals surface area contributed by atoms with E-state index in [0.717, 1.165) is 0 Å². The molecule has 270 valence electrons. The number of rotatable bonds is 4. The number of allylic oxidation sites excluding steroid dienone is 2. The van der Waals surface area contributed by atoms with E-state index >= 15 is 0 Å². The van der Waals surface area contributed by atoms with Crippen molar-refractivity contribution >= 4 is 0 Å². The van der Waals surface area contributed by atoms with Crippen molar-refractivity contribution in [2.24, 2.45) is 35.5 Å². The number of hydrogen-bond donors (Lipinski definition) is 0. The molecule has 2 spiro atoms. The number of nitrogens with zero attached hydrogens (tertiary/aromatic N) is 1. The highest BCUT2D eigenvalue weighted by atomic mass is 19.4. The van der Waals surface area contributed by atoms with E-state index in [4.69, 9.17) is 38.5 Å². The average Bonchev–Trinajstić information content (AvgIpc) is 3.36. The van der Waals surface area contributed by atoms with Gasteiger partial charge in [0.25, 0.3) is 0 Å². The van der Waals surface area contributed by atoms with Crippen LogP contribution in [0.15, 0.2) is 22.7 Å². The van der Waals surface area contributed by atoms with Crippen LogP contribution in [0.3, 0.4) is 0 Å². The maximum Gasteiger partial charge on any atom is 0.449 e. The van der Waals surface area contributed by atoms with Gasteiger partial charge in [-0.3, -0.25) is 4.90 Å². The zero-order valence-electron chi connectivity index (χ0n) is 27.7. The van der Waals surface area contributed by atoms with E-state index in [1.165, 1.54) is 11.9 Å². The van der Waals surface area contributed by atoms with Crippen LogP contribution in [0, 0.1) is 35.5 Å². The van der Waals surface area contributed by atoms with Crippen molar-refractivity contribution in [3.8, 4) is 0 Å². The summed E-state index contributed by atoms with van der Waals surface area (Å²) >= 11 is 0. The fourth-order valence-corrected chi connectivity index (χ4v) is 10.5. The van der Waals surface area contributed by atoms with E-state index in [2.05, 4.69) is 0 Å². The van der Waals surface area contributed by atoms with Crippen LogP contribution in [0.25, 0.3) is 0 Å². The van der Waals surface area contributed by atoms with Crippen LogP contribution in [0.2, 0.25) is 0 Å². The van der Waals surface area contributed by atoms with Crippen molar-refractivity contribution in [3.63, 3.8) is 0 Å². The van der Waals surface area contributed by atoms with Crippen molar-refractivity contribution < 1.29 is 64.8 Å². The highest BCUT2D eigenvalue weighted by Crippen LogP contribution is 2.63. The molecule has 0 aromatic carbocycles. The highest BCUT2D eigenvalue weighted by Gasteiger charge is 2.72. The smallest absolute Gasteiger partial charge is 0.449 e. The summed E-state index contributed by atoms with van der Waals surface area (Å²) in [7, 11) is 1.51. The normalized spacial score (nSPS) is 48.4. The predicted molar refractivity (Wildman–Crippen MR) is 151 cm³/mol. The quantitative estimate of drug-likeness (QED) is 0.227. The molecule has 12 atom stereocenters. The first-order chi connectivity index (χ1) is 22.4. The van der Waals surface area contributed by atoms with Crippen LogP contribution < -0.4 is 0 Å². The molecule has 2 unspecified atom stereocenters. The fraction of sp³-hybridized carbons (Fsp3) is 0.879. The van der Waals surface area contributed by atoms with Gasteiger partial charge < -0.3 is 18.9 Å². The third-order valence-corrected chi connectivity index (χ3v) is 12.7. The molecule has 0 aromatic heterocycles. The van der Waals surface area contributed by atoms with Gasteiger partial charge in [0.2, 0.25) is 35.7 Å². The van der Waals surface area contributed by atoms with Gasteiger partial charge in [0.15, 0.2) is 11.2 Å². The molecule has 8 aliphatic heterocycles. The van der Waals surface area contributed by atoms with Gasteiger partial charge in [-0.2, -0.15) is 26.3 Å². The van der Waals surface area contributed by atoms with Crippen molar-refractivity contribution in [2.75, 3.05) is 20.1 Å². The summed E-state index contributed by atoms with van der Waals surface area (Å²) in [5, 5.41) is 0. The Hall–Kier alpha value is -1.62. The first kappa shape index (κ1) is 33.5. The van der Waals surface area contributed by atoms with Crippen molar-refractivity contribution in [1.82, 2.24) is 4.90 Å². The van der Waals surface area contributed by atoms with Crippen LogP contribution in [0.4, 0.5) is 26.3 Å². The van der Waals surface area contributed by atoms with Crippen LogP contribution in [-0.2, 0) is 38.5 Å². The summed E-state index contributed by atoms with van der Waals surface area (Å²) in [6.07, 6.45) is -8.46. The maximum atomic E-state index is 14.8. The van der Waals surface area contributed by atoms with Gasteiger partial charge in [-0.25, -0.2) is 19.6 Å². The van der Waals surface area contributed by atoms with E-state index in [1.54, 1.807) is 13.8 Å². The Morgan fingerprint density at radius 1 is 0.625 bits per heavy atom. The Bertz CT molecular complexity index is 1300. The second kappa shape index (κ2) is 10.7. The molecule has 6 saturated heterocycles. The number of halogens is 6. The molecule has 48 heavy (non-hydrogen) atoms. The van der Waals surface area contributed by atoms with E-state index < -0.39 is 71.1 Å². The Morgan fingerprint density at radius 2 is 1.02 bits per heavy atom. The first-order valence-electron chi connectivity index (χ1n) is 17.1. The summed E-state index contributed by atoms with van der Waals surface area (Å²) in [6.45, 7) is 6.67. The number of likely N-dealkylation sites (N-methyl/N-ethyl adjacent to an activating group) is 1. The molecule has 0 aromatic rings. The molecule has 9 nitrogen and oxygen atoms in total. The summed E-state index contributed by atoms with van der Waals surface area (Å²) in [5.74, 6) is -6.73. The highest BCUT2D eigenvalue weighted by molar-refractivity contribution is 5.32. The largest absolute Gasteiger partial charge is 0.456 e. The van der Waals surface area contributed by atoms with Crippen molar-refractivity contribution in [3.05, 3.63) is 22.7 Å². The zero-order chi connectivity index (χ0) is 34.2. The number of hydrogen-bond acceptors (Lipinski definition) is 9. The summed E-state index contributed by atoms with van der Waals surface area (Å²) in [6, 6.07) is 0. The average molecular weight is 696 g/mol. The molecule has 4 bridgehead atoms. The van der Waals surface area contributed by atoms with Crippen LogP contribution in [0.5, 0.6) is 0 Å². The maximum absolute atomic E-state index is 14.8. The first-order valence-corrected chi connectivity index (χ1v) is 17.1. The van der Waals surface area contributed by atoms with Crippen molar-refractivity contribution in [2.45, 2.75) is 127 Å². The molecule has 2 aliphatic carbocycles. The third-order valence-electron chi connectivity index (χ3n) is 12.7. The van der Waals surface area contributed by atoms with E-state index in [1.807, 2.05) is 13.8 Å². The second-order valence-electron chi connectivity index (χ2n) is 15.8. The molecule has 0 amide bonds. The second-order valence-corrected chi connectivity index (χ2v) is 15.8. The van der Waals surface area contributed by atoms with Gasteiger partial charge in [-0.15, -0.1) is 0 Å². The molecule has 0 radical (unpaired) electrons. The molecule has 15 heteroatoms. The minimum Gasteiger partial charge on any atom is -0.456 e. The minimum absolute atomic E-state index is 0.0845. The lowest BCUT2D eigenvalue weighted by atomic mass is 9.59. The summed E-state index contributed by atoms with van der Waals surface area (Å²) in [5.41, 5.74) is -2.84. The van der Waals surface area contributed by atoms with Gasteiger partial charge >= 0.3 is 12.4 Å². The van der Waals surface area contributed by atoms with Gasteiger partial charge in [0, 0.05) is 49.6 Å². The zero-order valence-corrected chi connectivity index (χ0v) is 27.7. The Labute approximate surface area is 275 Å². The molecule has 10 rings (SSSR count). The topological polar surface area (TPSA) is 77.1 Å². The number of fused-ring (bicyclic) bond motifs is 4. The summed E-state index contributed by atoms with van der Waals surface area (Å²) < 4.78 is 113. The van der Waals surface area contributed by atoms with Crippen molar-refractivity contribution in [1.29, 1.82) is 0 Å². The molecule has 8 heterocycles. The SMILES string of the molecule is C[C@@H]1CC[C@H]2C(CN(C)CC3=C(C(F)(F)F)O[C@@H]4OC5(C)CC[C@H]6[C@H](C)CC[C@@H]3[C@@]46OO5)=C(C(F)(F)F)O[C@@H]3OC4(C)CC[C@@H]1[C@]32OO4. The van der Waals surface area contributed by atoms with Crippen LogP contribution >= 0.6 is 0 Å². The lowest BCUT2D eigenvalue weighted by molar-refractivity contribution is -0.558. The molecule has 2 saturated carbocycles. The lowest BCUT2D eigenvalue weighted by Gasteiger charge is -2.58. The van der Waals surface area contributed by atoms with Gasteiger partial charge in [0.05, 0.1) is 0 Å². The standard InChI is InChI=1S/C33H43F6NO8/c1-16-6-8-22-18(24(32(34,35)36)41-26-30(22)20(16)10-12-28(3,43-26)45-47-30)14-40(5)15-19-23-9-7-17(2)21-11-13-29(4)44-27(31(21,23)48-46-29)42-25(19)33(37,38)39/h16-17,20-23,26-27H,6-15H2,1-5H3/t16-,17-,20+,21+,22+,23+,26-,27-,28?,29?,30-,31-/m1/s1. The number of alkyl halides is 6. The molecule has 0 N–H and O–H groups in total. The third kappa shape index (κ3) is 4.77. The molecule has 10 aliphatic rings. The number of ether oxygens (including phenoxy) is 4. The Kier molecular flexibility index (Phi) is 7.47. The monoisotopic (exact) mass is 695 g/mol. The van der Waals surface area contributed by atoms with Crippen LogP contribution in [0.1, 0.15) is 79.1 Å². The molecule has 8 fully saturated rings. The van der Waals surface area contributed by atoms with Gasteiger partial charge in [-0.05, 0) is 82.4 Å². The van der Waals surface area contributed by atoms with E-state index in [9.17, 15) is 26.3 Å². The minimum atomic E-state index is -4.88. The van der Waals surface area contributed by atoms with Gasteiger partial charge in [-0.1, -0.05) is 13.8 Å². The van der Waals surface area contributed by atoms with E-state index in [0.29, 0.717) is 51.4 Å². The fourth-order valence-electron chi connectivity index (χ4n) is 10.5. The van der Waals surface area contributed by atoms with E-state index in [-0.39, 0.29) is 47.9 Å². The molecular weight excluding hydrogens is 652 g/mol. The van der Waals surface area contributed by atoms with Crippen LogP contribution in [-0.4, -0.2) is 72.7 Å². The predicted octanol–water partition coefficient (Wildman–Crippen LogP) is 7.04. The molecular formula is C33H43F6NO8. The lowest BCUT2D eigenvalue weighted by Crippen LogP contribution is -2.68. The Balaban J connectivity index is 1.17. The Morgan fingerprint density at radius 3 is 1.40 bits per heavy atom.